The van der Waals surface area contributed by atoms with Gasteiger partial charge in [0.15, 0.2) is 0 Å². The SMILES string of the molecule is Cc1ccc2cnc(C3CCOC3C)n2c1. The van der Waals surface area contributed by atoms with Crippen molar-refractivity contribution in [2.45, 2.75) is 32.3 Å². The van der Waals surface area contributed by atoms with E-state index in [1.54, 1.807) is 0 Å². The predicted octanol–water partition coefficient (Wildman–Crippen LogP) is 2.54. The summed E-state index contributed by atoms with van der Waals surface area (Å²) >= 11 is 0. The molecule has 16 heavy (non-hydrogen) atoms. The van der Waals surface area contributed by atoms with Crippen molar-refractivity contribution in [3.63, 3.8) is 0 Å². The second-order valence-corrected chi connectivity index (χ2v) is 4.59. The summed E-state index contributed by atoms with van der Waals surface area (Å²) < 4.78 is 7.81. The smallest absolute Gasteiger partial charge is 0.119 e. The van der Waals surface area contributed by atoms with E-state index in [1.165, 1.54) is 11.1 Å². The van der Waals surface area contributed by atoms with Crippen LogP contribution in [0.5, 0.6) is 0 Å². The number of aryl methyl sites for hydroxylation is 1. The largest absolute Gasteiger partial charge is 0.378 e. The van der Waals surface area contributed by atoms with Gasteiger partial charge in [-0.2, -0.15) is 0 Å². The van der Waals surface area contributed by atoms with Crippen LogP contribution in [0.2, 0.25) is 0 Å². The fourth-order valence-electron chi connectivity index (χ4n) is 2.46. The molecular formula is C13H16N2O. The van der Waals surface area contributed by atoms with Crippen molar-refractivity contribution in [3.8, 4) is 0 Å². The highest BCUT2D eigenvalue weighted by Crippen LogP contribution is 2.30. The minimum absolute atomic E-state index is 0.283. The molecule has 3 heteroatoms. The number of hydrogen-bond acceptors (Lipinski definition) is 2. The lowest BCUT2D eigenvalue weighted by molar-refractivity contribution is 0.117. The minimum Gasteiger partial charge on any atom is -0.378 e. The Morgan fingerprint density at radius 1 is 1.44 bits per heavy atom. The van der Waals surface area contributed by atoms with Gasteiger partial charge in [-0.05, 0) is 31.9 Å². The lowest BCUT2D eigenvalue weighted by Crippen LogP contribution is -2.12. The fraction of sp³-hybridized carbons (Fsp3) is 0.462. The van der Waals surface area contributed by atoms with Crippen LogP contribution < -0.4 is 0 Å². The number of rotatable bonds is 1. The maximum Gasteiger partial charge on any atom is 0.119 e. The molecule has 0 spiro atoms. The fourth-order valence-corrected chi connectivity index (χ4v) is 2.46. The van der Waals surface area contributed by atoms with Crippen LogP contribution in [-0.2, 0) is 4.74 Å². The molecule has 1 saturated heterocycles. The Hall–Kier alpha value is -1.35. The molecule has 1 fully saturated rings. The van der Waals surface area contributed by atoms with Crippen LogP contribution in [-0.4, -0.2) is 22.1 Å². The van der Waals surface area contributed by atoms with Gasteiger partial charge in [-0.15, -0.1) is 0 Å². The number of pyridine rings is 1. The zero-order valence-corrected chi connectivity index (χ0v) is 9.68. The lowest BCUT2D eigenvalue weighted by Gasteiger charge is -2.13. The van der Waals surface area contributed by atoms with Crippen LogP contribution in [0.15, 0.2) is 24.5 Å². The van der Waals surface area contributed by atoms with Crippen molar-refractivity contribution < 1.29 is 4.74 Å². The van der Waals surface area contributed by atoms with E-state index in [2.05, 4.69) is 41.6 Å². The molecule has 0 saturated carbocycles. The molecule has 1 aliphatic rings. The van der Waals surface area contributed by atoms with Crippen molar-refractivity contribution in [1.82, 2.24) is 9.38 Å². The lowest BCUT2D eigenvalue weighted by atomic mass is 10.0. The van der Waals surface area contributed by atoms with Crippen LogP contribution >= 0.6 is 0 Å². The molecule has 0 N–H and O–H groups in total. The number of imidazole rings is 1. The Morgan fingerprint density at radius 3 is 3.06 bits per heavy atom. The zero-order valence-electron chi connectivity index (χ0n) is 9.68. The number of ether oxygens (including phenoxy) is 1. The Balaban J connectivity index is 2.12. The van der Waals surface area contributed by atoms with E-state index in [9.17, 15) is 0 Å². The van der Waals surface area contributed by atoms with Gasteiger partial charge < -0.3 is 9.14 Å². The van der Waals surface area contributed by atoms with Crippen molar-refractivity contribution in [1.29, 1.82) is 0 Å². The normalized spacial score (nSPS) is 25.4. The molecular weight excluding hydrogens is 200 g/mol. The Kier molecular flexibility index (Phi) is 2.21. The second-order valence-electron chi connectivity index (χ2n) is 4.59. The highest BCUT2D eigenvalue weighted by Gasteiger charge is 2.28. The van der Waals surface area contributed by atoms with E-state index in [1.807, 2.05) is 6.20 Å². The summed E-state index contributed by atoms with van der Waals surface area (Å²) in [6.45, 7) is 5.10. The number of aromatic nitrogens is 2. The summed E-state index contributed by atoms with van der Waals surface area (Å²) in [5.74, 6) is 1.58. The van der Waals surface area contributed by atoms with Crippen LogP contribution in [0.25, 0.3) is 5.52 Å². The summed E-state index contributed by atoms with van der Waals surface area (Å²) in [6, 6.07) is 4.24. The molecule has 0 aliphatic carbocycles. The number of nitrogens with zero attached hydrogens (tertiary/aromatic N) is 2. The molecule has 3 heterocycles. The maximum absolute atomic E-state index is 5.62. The quantitative estimate of drug-likeness (QED) is 0.732. The summed E-state index contributed by atoms with van der Waals surface area (Å²) in [5.41, 5.74) is 2.43. The monoisotopic (exact) mass is 216 g/mol. The van der Waals surface area contributed by atoms with E-state index in [0.29, 0.717) is 5.92 Å². The second kappa shape index (κ2) is 3.59. The molecule has 0 aromatic carbocycles. The van der Waals surface area contributed by atoms with Gasteiger partial charge in [0.1, 0.15) is 5.82 Å². The molecule has 2 aromatic rings. The van der Waals surface area contributed by atoms with Gasteiger partial charge in [0.05, 0.1) is 17.8 Å². The first-order chi connectivity index (χ1) is 7.75. The molecule has 2 aromatic heterocycles. The highest BCUT2D eigenvalue weighted by molar-refractivity contribution is 5.47. The van der Waals surface area contributed by atoms with Gasteiger partial charge in [-0.3, -0.25) is 0 Å². The van der Waals surface area contributed by atoms with Gasteiger partial charge in [-0.1, -0.05) is 6.07 Å². The molecule has 3 rings (SSSR count). The molecule has 0 bridgehead atoms. The first kappa shape index (κ1) is 9.85. The van der Waals surface area contributed by atoms with Gasteiger partial charge >= 0.3 is 0 Å². The summed E-state index contributed by atoms with van der Waals surface area (Å²) in [5, 5.41) is 0. The van der Waals surface area contributed by atoms with E-state index in [4.69, 9.17) is 4.74 Å². The standard InChI is InChI=1S/C13H16N2O/c1-9-3-4-11-7-14-13(15(11)8-9)12-5-6-16-10(12)2/h3-4,7-8,10,12H,5-6H2,1-2H3. The molecule has 3 nitrogen and oxygen atoms in total. The Labute approximate surface area is 95.1 Å². The maximum atomic E-state index is 5.62. The van der Waals surface area contributed by atoms with Crippen LogP contribution in [0, 0.1) is 6.92 Å². The third-order valence-corrected chi connectivity index (χ3v) is 3.41. The molecule has 84 valence electrons. The first-order valence-electron chi connectivity index (χ1n) is 5.81. The Morgan fingerprint density at radius 2 is 2.31 bits per heavy atom. The molecule has 2 unspecified atom stereocenters. The van der Waals surface area contributed by atoms with Gasteiger partial charge in [-0.25, -0.2) is 4.98 Å². The summed E-state index contributed by atoms with van der Waals surface area (Å²) in [7, 11) is 0. The van der Waals surface area contributed by atoms with Crippen molar-refractivity contribution in [3.05, 3.63) is 35.9 Å². The average molecular weight is 216 g/mol. The third kappa shape index (κ3) is 1.43. The molecule has 0 amide bonds. The van der Waals surface area contributed by atoms with Gasteiger partial charge in [0.2, 0.25) is 0 Å². The van der Waals surface area contributed by atoms with E-state index >= 15 is 0 Å². The summed E-state index contributed by atoms with van der Waals surface area (Å²) in [4.78, 5) is 4.55. The van der Waals surface area contributed by atoms with Crippen molar-refractivity contribution >= 4 is 5.52 Å². The molecule has 1 aliphatic heterocycles. The van der Waals surface area contributed by atoms with Gasteiger partial charge in [0, 0.05) is 18.7 Å². The minimum atomic E-state index is 0.283. The predicted molar refractivity (Wildman–Crippen MR) is 62.7 cm³/mol. The molecule has 2 atom stereocenters. The number of fused-ring (bicyclic) bond motifs is 1. The topological polar surface area (TPSA) is 26.5 Å². The number of hydrogen-bond donors (Lipinski definition) is 0. The van der Waals surface area contributed by atoms with Crippen LogP contribution in [0.1, 0.15) is 30.7 Å². The summed E-state index contributed by atoms with van der Waals surface area (Å²) in [6.07, 6.45) is 5.46. The Bertz CT molecular complexity index is 518. The van der Waals surface area contributed by atoms with E-state index in [0.717, 1.165) is 18.9 Å². The van der Waals surface area contributed by atoms with E-state index in [-0.39, 0.29) is 6.10 Å². The highest BCUT2D eigenvalue weighted by atomic mass is 16.5. The molecule has 0 radical (unpaired) electrons. The van der Waals surface area contributed by atoms with Crippen molar-refractivity contribution in [2.75, 3.05) is 6.61 Å². The van der Waals surface area contributed by atoms with Gasteiger partial charge in [0.25, 0.3) is 0 Å². The zero-order chi connectivity index (χ0) is 11.1. The van der Waals surface area contributed by atoms with Crippen LogP contribution in [0.4, 0.5) is 0 Å². The first-order valence-corrected chi connectivity index (χ1v) is 5.81. The third-order valence-electron chi connectivity index (χ3n) is 3.41. The van der Waals surface area contributed by atoms with Crippen LogP contribution in [0.3, 0.4) is 0 Å². The van der Waals surface area contributed by atoms with Crippen molar-refractivity contribution in [2.24, 2.45) is 0 Å². The average Bonchev–Trinajstić information content (AvgIpc) is 2.83. The van der Waals surface area contributed by atoms with E-state index < -0.39 is 0 Å².